The number of nitrogens with zero attached hydrogens (tertiary/aromatic N) is 1. The topological polar surface area (TPSA) is 88.5 Å². The lowest BCUT2D eigenvalue weighted by Crippen LogP contribution is -2.38. The molecule has 1 amide bonds. The Kier molecular flexibility index (Phi) is 5.05. The van der Waals surface area contributed by atoms with Gasteiger partial charge in [-0.2, -0.15) is 0 Å². The van der Waals surface area contributed by atoms with Crippen LogP contribution >= 0.6 is 15.9 Å². The van der Waals surface area contributed by atoms with Crippen LogP contribution in [0.4, 0.5) is 0 Å². The summed E-state index contributed by atoms with van der Waals surface area (Å²) in [7, 11) is 1.27. The van der Waals surface area contributed by atoms with E-state index in [0.29, 0.717) is 0 Å². The zero-order valence-electron chi connectivity index (χ0n) is 9.01. The van der Waals surface area contributed by atoms with Crippen LogP contribution in [0.25, 0.3) is 0 Å². The maximum atomic E-state index is 11.6. The number of aromatic nitrogens is 1. The van der Waals surface area contributed by atoms with E-state index < -0.39 is 18.0 Å². The molecule has 1 aromatic rings. The third-order valence-corrected chi connectivity index (χ3v) is 2.44. The lowest BCUT2D eigenvalue weighted by molar-refractivity contribution is -0.148. The van der Waals surface area contributed by atoms with Gasteiger partial charge in [-0.15, -0.1) is 0 Å². The second-order valence-electron chi connectivity index (χ2n) is 3.13. The number of aliphatic carboxylic acids is 1. The Morgan fingerprint density at radius 1 is 1.59 bits per heavy atom. The molecule has 17 heavy (non-hydrogen) atoms. The van der Waals surface area contributed by atoms with Gasteiger partial charge in [0.05, 0.1) is 6.54 Å². The highest BCUT2D eigenvalue weighted by molar-refractivity contribution is 9.10. The average Bonchev–Trinajstić information content (AvgIpc) is 2.30. The van der Waals surface area contributed by atoms with Gasteiger partial charge < -0.3 is 15.2 Å². The second-order valence-corrected chi connectivity index (χ2v) is 4.05. The quantitative estimate of drug-likeness (QED) is 0.835. The third kappa shape index (κ3) is 4.12. The number of carboxylic acids is 1. The number of carbonyl (C=O) groups excluding carboxylic acids is 1. The first-order valence-electron chi connectivity index (χ1n) is 4.70. The van der Waals surface area contributed by atoms with Crippen LogP contribution in [0, 0.1) is 0 Å². The molecular weight excluding hydrogens is 292 g/mol. The number of carboxylic acid groups (broad SMARTS) is 1. The predicted octanol–water partition coefficient (Wildman–Crippen LogP) is 0.673. The van der Waals surface area contributed by atoms with Crippen molar-refractivity contribution < 1.29 is 19.4 Å². The summed E-state index contributed by atoms with van der Waals surface area (Å²) in [6.07, 6.45) is 0.425. The molecule has 0 saturated heterocycles. The Morgan fingerprint density at radius 3 is 2.76 bits per heavy atom. The Hall–Kier alpha value is -1.47. The van der Waals surface area contributed by atoms with Gasteiger partial charge >= 0.3 is 5.97 Å². The normalized spacial score (nSPS) is 11.9. The van der Waals surface area contributed by atoms with Crippen molar-refractivity contribution >= 4 is 27.8 Å². The van der Waals surface area contributed by atoms with Gasteiger partial charge in [0.15, 0.2) is 6.10 Å². The summed E-state index contributed by atoms with van der Waals surface area (Å²) in [5, 5.41) is 11.1. The highest BCUT2D eigenvalue weighted by Crippen LogP contribution is 2.07. The molecule has 1 aromatic heterocycles. The van der Waals surface area contributed by atoms with E-state index in [1.807, 2.05) is 0 Å². The van der Waals surface area contributed by atoms with Crippen molar-refractivity contribution in [1.29, 1.82) is 0 Å². The number of rotatable bonds is 5. The maximum Gasteiger partial charge on any atom is 0.334 e. The van der Waals surface area contributed by atoms with Crippen molar-refractivity contribution in [3.63, 3.8) is 0 Å². The summed E-state index contributed by atoms with van der Waals surface area (Å²) in [5.41, 5.74) is 0.216. The Balaban J connectivity index is 2.55. The first-order valence-corrected chi connectivity index (χ1v) is 5.49. The Labute approximate surface area is 106 Å². The standard InChI is InChI=1S/C10H11BrN2O4/c1-17-8(10(15)16)5-13-9(14)7-3-2-6(11)4-12-7/h2-4,8H,5H2,1H3,(H,13,14)(H,15,16). The lowest BCUT2D eigenvalue weighted by Gasteiger charge is -2.11. The Bertz CT molecular complexity index is 407. The van der Waals surface area contributed by atoms with E-state index in [-0.39, 0.29) is 12.2 Å². The molecule has 0 radical (unpaired) electrons. The van der Waals surface area contributed by atoms with Gasteiger partial charge in [0.1, 0.15) is 5.69 Å². The predicted molar refractivity (Wildman–Crippen MR) is 62.7 cm³/mol. The number of methoxy groups -OCH3 is 1. The molecule has 0 aliphatic carbocycles. The highest BCUT2D eigenvalue weighted by atomic mass is 79.9. The largest absolute Gasteiger partial charge is 0.479 e. The van der Waals surface area contributed by atoms with Crippen LogP contribution < -0.4 is 5.32 Å². The molecule has 0 aliphatic rings. The first kappa shape index (κ1) is 13.6. The molecule has 0 aliphatic heterocycles. The van der Waals surface area contributed by atoms with Gasteiger partial charge in [-0.3, -0.25) is 4.79 Å². The number of carbonyl (C=O) groups is 2. The van der Waals surface area contributed by atoms with Gasteiger partial charge in [0.25, 0.3) is 5.91 Å². The molecule has 0 aromatic carbocycles. The Morgan fingerprint density at radius 2 is 2.29 bits per heavy atom. The summed E-state index contributed by atoms with van der Waals surface area (Å²) < 4.78 is 5.43. The van der Waals surface area contributed by atoms with Crippen LogP contribution in [0.15, 0.2) is 22.8 Å². The number of amides is 1. The van der Waals surface area contributed by atoms with Crippen LogP contribution in [0.3, 0.4) is 0 Å². The van der Waals surface area contributed by atoms with Crippen LogP contribution in [0.1, 0.15) is 10.5 Å². The molecule has 6 nitrogen and oxygen atoms in total. The molecule has 0 spiro atoms. The molecule has 7 heteroatoms. The molecule has 0 saturated carbocycles. The summed E-state index contributed by atoms with van der Waals surface area (Å²) in [5.74, 6) is -1.57. The van der Waals surface area contributed by atoms with E-state index in [4.69, 9.17) is 5.11 Å². The number of halogens is 1. The zero-order chi connectivity index (χ0) is 12.8. The van der Waals surface area contributed by atoms with Gasteiger partial charge in [0, 0.05) is 17.8 Å². The molecule has 0 fully saturated rings. The van der Waals surface area contributed by atoms with Crippen LogP contribution in [0.5, 0.6) is 0 Å². The van der Waals surface area contributed by atoms with Crippen LogP contribution in [0.2, 0.25) is 0 Å². The zero-order valence-corrected chi connectivity index (χ0v) is 10.6. The van der Waals surface area contributed by atoms with E-state index in [9.17, 15) is 9.59 Å². The monoisotopic (exact) mass is 302 g/mol. The van der Waals surface area contributed by atoms with E-state index in [1.54, 1.807) is 6.07 Å². The smallest absolute Gasteiger partial charge is 0.334 e. The minimum Gasteiger partial charge on any atom is -0.479 e. The minimum absolute atomic E-state index is 0.109. The van der Waals surface area contributed by atoms with Crippen molar-refractivity contribution in [2.24, 2.45) is 0 Å². The summed E-state index contributed by atoms with van der Waals surface area (Å²) in [6.45, 7) is -0.109. The molecule has 1 unspecified atom stereocenters. The van der Waals surface area contributed by atoms with E-state index in [2.05, 4.69) is 31.0 Å². The van der Waals surface area contributed by atoms with Gasteiger partial charge in [-0.25, -0.2) is 9.78 Å². The fourth-order valence-electron chi connectivity index (χ4n) is 1.06. The van der Waals surface area contributed by atoms with Crippen LogP contribution in [-0.4, -0.2) is 41.7 Å². The van der Waals surface area contributed by atoms with Gasteiger partial charge in [-0.1, -0.05) is 0 Å². The molecule has 1 rings (SSSR count). The molecule has 2 N–H and O–H groups in total. The first-order chi connectivity index (χ1) is 8.04. The fourth-order valence-corrected chi connectivity index (χ4v) is 1.29. The number of ether oxygens (including phenoxy) is 1. The van der Waals surface area contributed by atoms with Crippen molar-refractivity contribution in [2.75, 3.05) is 13.7 Å². The van der Waals surface area contributed by atoms with Crippen molar-refractivity contribution in [3.8, 4) is 0 Å². The maximum absolute atomic E-state index is 11.6. The lowest BCUT2D eigenvalue weighted by atomic mass is 10.3. The average molecular weight is 303 g/mol. The number of hydrogen-bond acceptors (Lipinski definition) is 4. The van der Waals surface area contributed by atoms with Gasteiger partial charge in [0.2, 0.25) is 0 Å². The van der Waals surface area contributed by atoms with Crippen molar-refractivity contribution in [1.82, 2.24) is 10.3 Å². The number of nitrogens with one attached hydrogen (secondary N) is 1. The molecule has 92 valence electrons. The number of pyridine rings is 1. The summed E-state index contributed by atoms with van der Waals surface area (Å²) >= 11 is 3.20. The molecule has 1 heterocycles. The highest BCUT2D eigenvalue weighted by Gasteiger charge is 2.17. The van der Waals surface area contributed by atoms with E-state index in [1.165, 1.54) is 19.4 Å². The number of hydrogen-bond donors (Lipinski definition) is 2. The van der Waals surface area contributed by atoms with Crippen molar-refractivity contribution in [3.05, 3.63) is 28.5 Å². The minimum atomic E-state index is -1.13. The summed E-state index contributed by atoms with van der Waals surface area (Å²) in [4.78, 5) is 26.1. The fraction of sp³-hybridized carbons (Fsp3) is 0.300. The molecular formula is C10H11BrN2O4. The van der Waals surface area contributed by atoms with Gasteiger partial charge in [-0.05, 0) is 28.1 Å². The van der Waals surface area contributed by atoms with Crippen LogP contribution in [-0.2, 0) is 9.53 Å². The third-order valence-electron chi connectivity index (χ3n) is 1.97. The van der Waals surface area contributed by atoms with E-state index in [0.717, 1.165) is 4.47 Å². The van der Waals surface area contributed by atoms with Crippen molar-refractivity contribution in [2.45, 2.75) is 6.10 Å². The second kappa shape index (κ2) is 6.31. The SMILES string of the molecule is COC(CNC(=O)c1ccc(Br)cn1)C(=O)O. The summed E-state index contributed by atoms with van der Waals surface area (Å²) in [6, 6.07) is 3.20. The molecule has 0 bridgehead atoms. The molecule has 1 atom stereocenters. The van der Waals surface area contributed by atoms with E-state index >= 15 is 0 Å².